The molecule has 8 heteroatoms. The van der Waals surface area contributed by atoms with Crippen LogP contribution in [0.15, 0.2) is 24.5 Å². The van der Waals surface area contributed by atoms with Crippen molar-refractivity contribution < 1.29 is 9.13 Å². The summed E-state index contributed by atoms with van der Waals surface area (Å²) in [6.07, 6.45) is 1.49. The summed E-state index contributed by atoms with van der Waals surface area (Å²) in [5.41, 5.74) is 7.23. The highest BCUT2D eigenvalue weighted by Crippen LogP contribution is 2.29. The molecule has 4 N–H and O–H groups in total. The van der Waals surface area contributed by atoms with Crippen LogP contribution in [0.3, 0.4) is 0 Å². The van der Waals surface area contributed by atoms with Crippen LogP contribution in [0.25, 0.3) is 11.2 Å². The number of nitrogens with zero attached hydrogens (tertiary/aromatic N) is 3. The third-order valence-corrected chi connectivity index (χ3v) is 2.72. The van der Waals surface area contributed by atoms with E-state index in [2.05, 4.69) is 25.3 Å². The lowest BCUT2D eigenvalue weighted by Gasteiger charge is -2.11. The van der Waals surface area contributed by atoms with Crippen LogP contribution in [0.2, 0.25) is 0 Å². The second-order valence-electron chi connectivity index (χ2n) is 4.00. The van der Waals surface area contributed by atoms with Gasteiger partial charge in [-0.1, -0.05) is 0 Å². The van der Waals surface area contributed by atoms with Crippen molar-refractivity contribution in [1.29, 1.82) is 0 Å². The summed E-state index contributed by atoms with van der Waals surface area (Å²) in [5.74, 6) is 0.499. The highest BCUT2D eigenvalue weighted by Gasteiger charge is 2.11. The lowest BCUT2D eigenvalue weighted by atomic mass is 10.2. The van der Waals surface area contributed by atoms with Crippen LogP contribution in [0.4, 0.5) is 21.8 Å². The fraction of sp³-hybridized carbons (Fsp3) is 0.0833. The molecule has 2 heterocycles. The molecule has 0 aliphatic rings. The Labute approximate surface area is 113 Å². The number of ether oxygens (including phenoxy) is 1. The summed E-state index contributed by atoms with van der Waals surface area (Å²) in [6.45, 7) is 0. The zero-order chi connectivity index (χ0) is 14.1. The van der Waals surface area contributed by atoms with Gasteiger partial charge in [-0.2, -0.15) is 9.97 Å². The number of nitrogen functional groups attached to an aromatic ring is 1. The minimum Gasteiger partial charge on any atom is -0.494 e. The molecule has 0 aliphatic carbocycles. The minimum absolute atomic E-state index is 0.0909. The maximum Gasteiger partial charge on any atom is 0.224 e. The van der Waals surface area contributed by atoms with Gasteiger partial charge in [-0.05, 0) is 12.1 Å². The molecule has 7 nitrogen and oxygen atoms in total. The summed E-state index contributed by atoms with van der Waals surface area (Å²) in [7, 11) is 1.46. The molecule has 0 saturated heterocycles. The zero-order valence-electron chi connectivity index (χ0n) is 10.5. The third kappa shape index (κ3) is 2.07. The second-order valence-corrected chi connectivity index (χ2v) is 4.00. The molecule has 0 atom stereocenters. The SMILES string of the molecule is COc1cc(F)ccc1Nc1nc(N)nc2nc[nH]c12. The normalized spacial score (nSPS) is 10.7. The molecule has 3 rings (SSSR count). The van der Waals surface area contributed by atoms with Crippen LogP contribution in [0.1, 0.15) is 0 Å². The Morgan fingerprint density at radius 3 is 3.00 bits per heavy atom. The molecule has 102 valence electrons. The average Bonchev–Trinajstić information content (AvgIpc) is 2.88. The summed E-state index contributed by atoms with van der Waals surface area (Å²) < 4.78 is 18.3. The maximum atomic E-state index is 13.2. The van der Waals surface area contributed by atoms with Gasteiger partial charge in [-0.25, -0.2) is 9.37 Å². The van der Waals surface area contributed by atoms with Crippen LogP contribution >= 0.6 is 0 Å². The Kier molecular flexibility index (Phi) is 2.82. The molecule has 0 radical (unpaired) electrons. The number of benzene rings is 1. The summed E-state index contributed by atoms with van der Waals surface area (Å²) in [5, 5.41) is 3.03. The first-order valence-corrected chi connectivity index (χ1v) is 5.74. The second kappa shape index (κ2) is 4.65. The Bertz CT molecular complexity index is 772. The van der Waals surface area contributed by atoms with Gasteiger partial charge in [0.15, 0.2) is 11.5 Å². The molecule has 0 fully saturated rings. The Hall–Kier alpha value is -2.90. The maximum absolute atomic E-state index is 13.2. The van der Waals surface area contributed by atoms with Crippen LogP contribution in [-0.2, 0) is 0 Å². The minimum atomic E-state index is -0.388. The summed E-state index contributed by atoms with van der Waals surface area (Å²) in [4.78, 5) is 15.0. The van der Waals surface area contributed by atoms with Crippen molar-refractivity contribution in [3.05, 3.63) is 30.3 Å². The van der Waals surface area contributed by atoms with E-state index < -0.39 is 0 Å². The Morgan fingerprint density at radius 2 is 2.20 bits per heavy atom. The van der Waals surface area contributed by atoms with E-state index in [1.54, 1.807) is 6.07 Å². The quantitative estimate of drug-likeness (QED) is 0.673. The van der Waals surface area contributed by atoms with E-state index in [1.807, 2.05) is 0 Å². The molecule has 2 aromatic heterocycles. The molecular weight excluding hydrogens is 263 g/mol. The molecule has 0 saturated carbocycles. The van der Waals surface area contributed by atoms with Gasteiger partial charge in [-0.3, -0.25) is 0 Å². The van der Waals surface area contributed by atoms with Crippen molar-refractivity contribution >= 4 is 28.6 Å². The molecule has 1 aromatic carbocycles. The average molecular weight is 274 g/mol. The molecule has 3 aromatic rings. The van der Waals surface area contributed by atoms with Gasteiger partial charge in [-0.15, -0.1) is 0 Å². The fourth-order valence-electron chi connectivity index (χ4n) is 1.84. The highest BCUT2D eigenvalue weighted by atomic mass is 19.1. The third-order valence-electron chi connectivity index (χ3n) is 2.72. The van der Waals surface area contributed by atoms with Gasteiger partial charge in [0.05, 0.1) is 19.1 Å². The predicted octanol–water partition coefficient (Wildman–Crippen LogP) is 1.83. The van der Waals surface area contributed by atoms with Crippen molar-refractivity contribution in [3.8, 4) is 5.75 Å². The van der Waals surface area contributed by atoms with E-state index in [1.165, 1.54) is 25.6 Å². The number of hydrogen-bond donors (Lipinski definition) is 3. The number of imidazole rings is 1. The number of nitrogens with two attached hydrogens (primary N) is 1. The van der Waals surface area contributed by atoms with Crippen LogP contribution in [0, 0.1) is 5.82 Å². The van der Waals surface area contributed by atoms with Gasteiger partial charge in [0, 0.05) is 6.07 Å². The van der Waals surface area contributed by atoms with Crippen molar-refractivity contribution in [2.24, 2.45) is 0 Å². The van der Waals surface area contributed by atoms with Gasteiger partial charge >= 0.3 is 0 Å². The fourth-order valence-corrected chi connectivity index (χ4v) is 1.84. The number of methoxy groups -OCH3 is 1. The van der Waals surface area contributed by atoms with Crippen molar-refractivity contribution in [1.82, 2.24) is 19.9 Å². The van der Waals surface area contributed by atoms with Gasteiger partial charge in [0.1, 0.15) is 17.1 Å². The summed E-state index contributed by atoms with van der Waals surface area (Å²) >= 11 is 0. The lowest BCUT2D eigenvalue weighted by molar-refractivity contribution is 0.413. The first kappa shape index (κ1) is 12.2. The monoisotopic (exact) mass is 274 g/mol. The number of fused-ring (bicyclic) bond motifs is 1. The lowest BCUT2D eigenvalue weighted by Crippen LogP contribution is -2.02. The van der Waals surface area contributed by atoms with E-state index in [9.17, 15) is 4.39 Å². The number of rotatable bonds is 3. The van der Waals surface area contributed by atoms with Gasteiger partial charge < -0.3 is 20.8 Å². The first-order chi connectivity index (χ1) is 9.67. The van der Waals surface area contributed by atoms with E-state index >= 15 is 0 Å². The number of nitrogens with one attached hydrogen (secondary N) is 2. The molecule has 20 heavy (non-hydrogen) atoms. The van der Waals surface area contributed by atoms with E-state index in [0.717, 1.165) is 0 Å². The summed E-state index contributed by atoms with van der Waals surface area (Å²) in [6, 6.07) is 4.14. The number of hydrogen-bond acceptors (Lipinski definition) is 6. The molecule has 0 spiro atoms. The largest absolute Gasteiger partial charge is 0.494 e. The zero-order valence-corrected chi connectivity index (χ0v) is 10.5. The molecule has 0 unspecified atom stereocenters. The van der Waals surface area contributed by atoms with Crippen LogP contribution < -0.4 is 15.8 Å². The first-order valence-electron chi connectivity index (χ1n) is 5.74. The predicted molar refractivity (Wildman–Crippen MR) is 72.3 cm³/mol. The molecular formula is C12H11FN6O. The van der Waals surface area contributed by atoms with E-state index in [0.29, 0.717) is 28.4 Å². The van der Waals surface area contributed by atoms with Crippen molar-refractivity contribution in [2.75, 3.05) is 18.2 Å². The number of aromatic amines is 1. The number of halogens is 1. The topological polar surface area (TPSA) is 102 Å². The van der Waals surface area contributed by atoms with Gasteiger partial charge in [0.2, 0.25) is 5.95 Å². The van der Waals surface area contributed by atoms with Gasteiger partial charge in [0.25, 0.3) is 0 Å². The Morgan fingerprint density at radius 1 is 1.35 bits per heavy atom. The number of anilines is 3. The van der Waals surface area contributed by atoms with E-state index in [4.69, 9.17) is 10.5 Å². The molecule has 0 amide bonds. The molecule has 0 bridgehead atoms. The van der Waals surface area contributed by atoms with Crippen LogP contribution in [0.5, 0.6) is 5.75 Å². The van der Waals surface area contributed by atoms with E-state index in [-0.39, 0.29) is 11.8 Å². The number of aromatic nitrogens is 4. The van der Waals surface area contributed by atoms with Crippen LogP contribution in [-0.4, -0.2) is 27.0 Å². The smallest absolute Gasteiger partial charge is 0.224 e. The highest BCUT2D eigenvalue weighted by molar-refractivity contribution is 5.86. The van der Waals surface area contributed by atoms with Crippen molar-refractivity contribution in [2.45, 2.75) is 0 Å². The standard InChI is InChI=1S/C12H11FN6O/c1-20-8-4-6(13)2-3-7(8)17-11-9-10(16-5-15-9)18-12(14)19-11/h2-5H,1H3,(H4,14,15,16,17,18,19). The van der Waals surface area contributed by atoms with Crippen molar-refractivity contribution in [3.63, 3.8) is 0 Å². The molecule has 0 aliphatic heterocycles. The Balaban J connectivity index is 2.07. The number of H-pyrrole nitrogens is 1.